The van der Waals surface area contributed by atoms with Crippen molar-refractivity contribution in [1.29, 1.82) is 0 Å². The molecule has 1 N–H and O–H groups in total. The topological polar surface area (TPSA) is 78.3 Å². The molecular weight excluding hydrogens is 387 g/mol. The van der Waals surface area contributed by atoms with Gasteiger partial charge in [-0.25, -0.2) is 13.8 Å². The average molecular weight is 419 g/mol. The summed E-state index contributed by atoms with van der Waals surface area (Å²) in [6, 6.07) is 4.69. The van der Waals surface area contributed by atoms with Gasteiger partial charge in [0.05, 0.1) is 12.7 Å². The predicted octanol–water partition coefficient (Wildman–Crippen LogP) is 4.63. The molecule has 7 nitrogen and oxygen atoms in total. The van der Waals surface area contributed by atoms with Crippen LogP contribution in [0.3, 0.4) is 0 Å². The molecule has 164 valence electrons. The fourth-order valence-corrected chi connectivity index (χ4v) is 3.54. The molecule has 1 saturated carbocycles. The number of halogens is 1. The van der Waals surface area contributed by atoms with Gasteiger partial charge in [-0.2, -0.15) is 9.97 Å². The van der Waals surface area contributed by atoms with Crippen LogP contribution in [0.25, 0.3) is 0 Å². The quantitative estimate of drug-likeness (QED) is 0.706. The lowest BCUT2D eigenvalue weighted by Crippen LogP contribution is -2.37. The lowest BCUT2D eigenvalue weighted by molar-refractivity contribution is 0.198. The van der Waals surface area contributed by atoms with E-state index in [0.717, 1.165) is 12.8 Å². The van der Waals surface area contributed by atoms with Crippen LogP contribution in [0.1, 0.15) is 60.3 Å². The van der Waals surface area contributed by atoms with Crippen molar-refractivity contribution in [2.24, 2.45) is 5.92 Å². The van der Waals surface area contributed by atoms with Gasteiger partial charge >= 0.3 is 11.7 Å². The molecule has 1 aromatic carbocycles. The highest BCUT2D eigenvalue weighted by Gasteiger charge is 2.24. The Labute approximate surface area is 176 Å². The maximum absolute atomic E-state index is 14.3. The minimum Gasteiger partial charge on any atom is -0.488 e. The minimum absolute atomic E-state index is 0.0684. The molecule has 3 rings (SSSR count). The van der Waals surface area contributed by atoms with Gasteiger partial charge < -0.3 is 14.8 Å². The fourth-order valence-electron chi connectivity index (χ4n) is 3.54. The SMILES string of the molecule is CC(C)Oc1ccc(Nc2nc(OCC3CCCC3)n(C(C)(C)C)c(=O)n2)cc1F. The third kappa shape index (κ3) is 5.49. The Morgan fingerprint density at radius 1 is 1.23 bits per heavy atom. The molecule has 8 heteroatoms. The second-order valence-electron chi connectivity index (χ2n) is 9.02. The van der Waals surface area contributed by atoms with E-state index in [1.165, 1.54) is 29.5 Å². The van der Waals surface area contributed by atoms with Crippen molar-refractivity contribution in [2.45, 2.75) is 71.9 Å². The molecule has 0 amide bonds. The van der Waals surface area contributed by atoms with Crippen molar-refractivity contribution in [1.82, 2.24) is 14.5 Å². The zero-order chi connectivity index (χ0) is 21.9. The molecule has 1 aromatic heterocycles. The van der Waals surface area contributed by atoms with Crippen LogP contribution in [0.4, 0.5) is 16.0 Å². The Morgan fingerprint density at radius 2 is 1.93 bits per heavy atom. The summed E-state index contributed by atoms with van der Waals surface area (Å²) in [7, 11) is 0. The molecular formula is C22H31FN4O3. The van der Waals surface area contributed by atoms with Gasteiger partial charge in [-0.05, 0) is 65.5 Å². The predicted molar refractivity (Wildman–Crippen MR) is 114 cm³/mol. The largest absolute Gasteiger partial charge is 0.488 e. The van der Waals surface area contributed by atoms with E-state index >= 15 is 0 Å². The fraction of sp³-hybridized carbons (Fsp3) is 0.591. The Balaban J connectivity index is 1.86. The molecule has 30 heavy (non-hydrogen) atoms. The monoisotopic (exact) mass is 418 g/mol. The average Bonchev–Trinajstić information content (AvgIpc) is 3.14. The van der Waals surface area contributed by atoms with Crippen molar-refractivity contribution in [2.75, 3.05) is 11.9 Å². The molecule has 0 atom stereocenters. The van der Waals surface area contributed by atoms with Crippen molar-refractivity contribution < 1.29 is 13.9 Å². The standard InChI is InChI=1S/C22H31FN4O3/c1-14(2)30-18-11-10-16(12-17(18)23)24-19-25-20(28)27(22(3,4)5)21(26-19)29-13-15-8-6-7-9-15/h10-12,14-15H,6-9,13H2,1-5H3,(H,24,25,28). The molecule has 0 unspecified atom stereocenters. The van der Waals surface area contributed by atoms with Gasteiger partial charge in [-0.1, -0.05) is 12.8 Å². The Morgan fingerprint density at radius 3 is 2.53 bits per heavy atom. The highest BCUT2D eigenvalue weighted by atomic mass is 19.1. The van der Waals surface area contributed by atoms with E-state index in [9.17, 15) is 9.18 Å². The van der Waals surface area contributed by atoms with E-state index in [2.05, 4.69) is 15.3 Å². The van der Waals surface area contributed by atoms with Crippen LogP contribution in [-0.2, 0) is 5.54 Å². The first kappa shape index (κ1) is 22.1. The maximum Gasteiger partial charge on any atom is 0.355 e. The number of ether oxygens (including phenoxy) is 2. The first-order valence-electron chi connectivity index (χ1n) is 10.5. The molecule has 1 aliphatic rings. The lowest BCUT2D eigenvalue weighted by Gasteiger charge is -2.25. The van der Waals surface area contributed by atoms with E-state index in [4.69, 9.17) is 9.47 Å². The number of nitrogens with one attached hydrogen (secondary N) is 1. The summed E-state index contributed by atoms with van der Waals surface area (Å²) in [5.74, 6) is 0.205. The Kier molecular flexibility index (Phi) is 6.63. The molecule has 0 radical (unpaired) electrons. The Bertz CT molecular complexity index is 931. The summed E-state index contributed by atoms with van der Waals surface area (Å²) >= 11 is 0. The molecule has 0 saturated heterocycles. The molecule has 1 fully saturated rings. The third-order valence-corrected chi connectivity index (χ3v) is 4.93. The number of hydrogen-bond donors (Lipinski definition) is 1. The number of nitrogens with zero attached hydrogens (tertiary/aromatic N) is 3. The normalized spacial score (nSPS) is 14.9. The van der Waals surface area contributed by atoms with Crippen LogP contribution in [0.2, 0.25) is 0 Å². The number of anilines is 2. The second-order valence-corrected chi connectivity index (χ2v) is 9.02. The van der Waals surface area contributed by atoms with Crippen molar-refractivity contribution in [3.05, 3.63) is 34.5 Å². The van der Waals surface area contributed by atoms with Gasteiger partial charge in [-0.3, -0.25) is 0 Å². The summed E-state index contributed by atoms with van der Waals surface area (Å²) in [5.41, 5.74) is -0.595. The van der Waals surface area contributed by atoms with E-state index in [1.54, 1.807) is 6.07 Å². The minimum atomic E-state index is -0.539. The first-order chi connectivity index (χ1) is 14.1. The maximum atomic E-state index is 14.3. The van der Waals surface area contributed by atoms with E-state index in [1.807, 2.05) is 34.6 Å². The third-order valence-electron chi connectivity index (χ3n) is 4.93. The van der Waals surface area contributed by atoms with Gasteiger partial charge in [0.15, 0.2) is 11.6 Å². The molecule has 0 bridgehead atoms. The van der Waals surface area contributed by atoms with Gasteiger partial charge in [0, 0.05) is 17.3 Å². The number of aromatic nitrogens is 3. The molecule has 2 aromatic rings. The molecule has 0 aliphatic heterocycles. The van der Waals surface area contributed by atoms with Crippen LogP contribution < -0.4 is 20.5 Å². The van der Waals surface area contributed by atoms with Crippen LogP contribution in [0.5, 0.6) is 11.8 Å². The van der Waals surface area contributed by atoms with Crippen LogP contribution in [-0.4, -0.2) is 27.2 Å². The van der Waals surface area contributed by atoms with Gasteiger partial charge in [0.1, 0.15) is 0 Å². The highest BCUT2D eigenvalue weighted by molar-refractivity contribution is 5.55. The van der Waals surface area contributed by atoms with Crippen LogP contribution >= 0.6 is 0 Å². The van der Waals surface area contributed by atoms with Gasteiger partial charge in [-0.15, -0.1) is 0 Å². The zero-order valence-corrected chi connectivity index (χ0v) is 18.4. The molecule has 1 heterocycles. The van der Waals surface area contributed by atoms with Gasteiger partial charge in [0.25, 0.3) is 0 Å². The summed E-state index contributed by atoms with van der Waals surface area (Å²) in [6.45, 7) is 9.87. The van der Waals surface area contributed by atoms with Crippen molar-refractivity contribution >= 4 is 11.6 Å². The highest BCUT2D eigenvalue weighted by Crippen LogP contribution is 2.27. The summed E-state index contributed by atoms with van der Waals surface area (Å²) < 4.78 is 27.1. The zero-order valence-electron chi connectivity index (χ0n) is 18.4. The summed E-state index contributed by atoms with van der Waals surface area (Å²) in [4.78, 5) is 21.2. The Hall–Kier alpha value is -2.64. The lowest BCUT2D eigenvalue weighted by atomic mass is 10.1. The van der Waals surface area contributed by atoms with Crippen molar-refractivity contribution in [3.63, 3.8) is 0 Å². The van der Waals surface area contributed by atoms with Crippen molar-refractivity contribution in [3.8, 4) is 11.8 Å². The smallest absolute Gasteiger partial charge is 0.355 e. The van der Waals surface area contributed by atoms with E-state index in [-0.39, 0.29) is 23.8 Å². The van der Waals surface area contributed by atoms with E-state index in [0.29, 0.717) is 18.2 Å². The molecule has 1 aliphatic carbocycles. The number of rotatable bonds is 7. The van der Waals surface area contributed by atoms with Crippen LogP contribution in [0, 0.1) is 11.7 Å². The van der Waals surface area contributed by atoms with Gasteiger partial charge in [0.2, 0.25) is 5.95 Å². The summed E-state index contributed by atoms with van der Waals surface area (Å²) in [6.07, 6.45) is 4.53. The van der Waals surface area contributed by atoms with E-state index < -0.39 is 17.0 Å². The van der Waals surface area contributed by atoms with Crippen LogP contribution in [0.15, 0.2) is 23.0 Å². The first-order valence-corrected chi connectivity index (χ1v) is 10.5. The second kappa shape index (κ2) is 9.02. The number of benzene rings is 1. The summed E-state index contributed by atoms with van der Waals surface area (Å²) in [5, 5.41) is 2.90. The molecule has 0 spiro atoms. The number of hydrogen-bond acceptors (Lipinski definition) is 6.